The number of ether oxygens (including phenoxy) is 2. The molecule has 9 nitrogen and oxygen atoms in total. The lowest BCUT2D eigenvalue weighted by atomic mass is 9.93. The number of aliphatic carboxylic acids is 1. The van der Waals surface area contributed by atoms with Gasteiger partial charge in [-0.25, -0.2) is 13.4 Å². The Hall–Kier alpha value is -3.11. The highest BCUT2D eigenvalue weighted by Crippen LogP contribution is 2.49. The van der Waals surface area contributed by atoms with Gasteiger partial charge in [0.1, 0.15) is 23.4 Å². The molecule has 2 heterocycles. The van der Waals surface area contributed by atoms with Crippen LogP contribution >= 0.6 is 0 Å². The minimum atomic E-state index is -4.17. The average molecular weight is 529 g/mol. The molecule has 2 saturated carbocycles. The number of carboxylic acids is 1. The van der Waals surface area contributed by atoms with Crippen LogP contribution in [-0.2, 0) is 14.8 Å². The molecule has 2 aromatic rings. The molecule has 2 N–H and O–H groups in total. The molecule has 3 atom stereocenters. The quantitative estimate of drug-likeness (QED) is 0.504. The van der Waals surface area contributed by atoms with Crippen LogP contribution in [-0.4, -0.2) is 55.4 Å². The number of aliphatic hydroxyl groups is 1. The first-order valence-electron chi connectivity index (χ1n) is 12.7. The van der Waals surface area contributed by atoms with Gasteiger partial charge in [-0.2, -0.15) is 0 Å². The Labute approximate surface area is 216 Å². The number of aromatic nitrogens is 1. The predicted molar refractivity (Wildman–Crippen MR) is 137 cm³/mol. The van der Waals surface area contributed by atoms with Gasteiger partial charge in [-0.15, -0.1) is 0 Å². The van der Waals surface area contributed by atoms with E-state index in [0.717, 1.165) is 17.9 Å². The summed E-state index contributed by atoms with van der Waals surface area (Å²) in [7, 11) is -4.17. The summed E-state index contributed by atoms with van der Waals surface area (Å²) in [4.78, 5) is 15.2. The van der Waals surface area contributed by atoms with E-state index in [1.807, 2.05) is 12.1 Å². The average Bonchev–Trinajstić information content (AvgIpc) is 3.49. The maximum Gasteiger partial charge on any atom is 0.303 e. The third kappa shape index (κ3) is 5.31. The van der Waals surface area contributed by atoms with Gasteiger partial charge in [0.25, 0.3) is 10.0 Å². The van der Waals surface area contributed by atoms with Crippen molar-refractivity contribution in [3.05, 3.63) is 47.2 Å². The Balaban J connectivity index is 1.55. The monoisotopic (exact) mass is 528 g/mol. The molecule has 2 unspecified atom stereocenters. The van der Waals surface area contributed by atoms with Crippen LogP contribution in [0.25, 0.3) is 6.08 Å². The van der Waals surface area contributed by atoms with Crippen LogP contribution in [0, 0.1) is 18.8 Å². The summed E-state index contributed by atoms with van der Waals surface area (Å²) in [6.07, 6.45) is 7.91. The largest absolute Gasteiger partial charge is 0.486 e. The van der Waals surface area contributed by atoms with Crippen LogP contribution in [0.15, 0.2) is 40.9 Å². The molecule has 3 aliphatic rings. The summed E-state index contributed by atoms with van der Waals surface area (Å²) < 4.78 is 41.0. The highest BCUT2D eigenvalue weighted by Gasteiger charge is 2.38. The number of aryl methyl sites for hydroxylation is 1. The van der Waals surface area contributed by atoms with E-state index in [1.165, 1.54) is 41.4 Å². The number of rotatable bonds is 9. The van der Waals surface area contributed by atoms with Crippen molar-refractivity contribution in [3.63, 3.8) is 0 Å². The highest BCUT2D eigenvalue weighted by molar-refractivity contribution is 7.93. The van der Waals surface area contributed by atoms with E-state index in [4.69, 9.17) is 9.47 Å². The van der Waals surface area contributed by atoms with E-state index < -0.39 is 22.1 Å². The topological polar surface area (TPSA) is 126 Å². The summed E-state index contributed by atoms with van der Waals surface area (Å²) in [5.74, 6) is 0.699. The highest BCUT2D eigenvalue weighted by atomic mass is 32.2. The number of hydrogen-bond donors (Lipinski definition) is 2. The zero-order valence-corrected chi connectivity index (χ0v) is 21.6. The molecule has 1 aromatic heterocycles. The first-order valence-corrected chi connectivity index (χ1v) is 14.1. The van der Waals surface area contributed by atoms with Gasteiger partial charge >= 0.3 is 5.97 Å². The van der Waals surface area contributed by atoms with Gasteiger partial charge in [-0.05, 0) is 80.2 Å². The maximum absolute atomic E-state index is 14.1. The SMILES string of the molecule is Cc1cnc(OCCO)c(S(=O)(=O)N2C[C@H](CCC(=O)O)Oc3ccc(/C=C4\CC5CCC4C5)cc32)c1. The maximum atomic E-state index is 14.1. The summed E-state index contributed by atoms with van der Waals surface area (Å²) in [6, 6.07) is 7.02. The lowest BCUT2D eigenvalue weighted by Gasteiger charge is -2.35. The number of pyridine rings is 1. The normalized spacial score (nSPS) is 23.7. The molecule has 2 aliphatic carbocycles. The molecule has 1 aliphatic heterocycles. The van der Waals surface area contributed by atoms with E-state index in [-0.39, 0.29) is 43.4 Å². The van der Waals surface area contributed by atoms with Crippen LogP contribution in [0.4, 0.5) is 5.69 Å². The Morgan fingerprint density at radius 2 is 2.14 bits per heavy atom. The number of allylic oxidation sites excluding steroid dienone is 1. The summed E-state index contributed by atoms with van der Waals surface area (Å²) in [5.41, 5.74) is 3.37. The number of sulfonamides is 1. The fourth-order valence-corrected chi connectivity index (χ4v) is 7.32. The van der Waals surface area contributed by atoms with Gasteiger partial charge in [-0.3, -0.25) is 9.10 Å². The van der Waals surface area contributed by atoms with Crippen LogP contribution in [0.1, 0.15) is 49.7 Å². The van der Waals surface area contributed by atoms with E-state index in [9.17, 15) is 23.4 Å². The van der Waals surface area contributed by atoms with Crippen molar-refractivity contribution in [3.8, 4) is 11.6 Å². The molecule has 198 valence electrons. The van der Waals surface area contributed by atoms with E-state index in [0.29, 0.717) is 22.9 Å². The molecule has 0 radical (unpaired) electrons. The van der Waals surface area contributed by atoms with Crippen LogP contribution < -0.4 is 13.8 Å². The number of hydrogen-bond acceptors (Lipinski definition) is 7. The number of carbonyl (C=O) groups is 1. The van der Waals surface area contributed by atoms with E-state index in [2.05, 4.69) is 11.1 Å². The lowest BCUT2D eigenvalue weighted by molar-refractivity contribution is -0.137. The number of aliphatic hydroxyl groups excluding tert-OH is 1. The van der Waals surface area contributed by atoms with Gasteiger partial charge in [-0.1, -0.05) is 17.7 Å². The fourth-order valence-electron chi connectivity index (χ4n) is 5.65. The number of carboxylic acid groups (broad SMARTS) is 1. The molecule has 37 heavy (non-hydrogen) atoms. The van der Waals surface area contributed by atoms with Gasteiger partial charge in [0, 0.05) is 12.6 Å². The Morgan fingerprint density at radius 1 is 1.30 bits per heavy atom. The van der Waals surface area contributed by atoms with Gasteiger partial charge in [0.15, 0.2) is 0 Å². The Morgan fingerprint density at radius 3 is 2.84 bits per heavy atom. The molecule has 0 saturated heterocycles. The molecule has 10 heteroatoms. The van der Waals surface area contributed by atoms with E-state index in [1.54, 1.807) is 13.0 Å². The lowest BCUT2D eigenvalue weighted by Crippen LogP contribution is -2.44. The zero-order chi connectivity index (χ0) is 26.2. The predicted octanol–water partition coefficient (Wildman–Crippen LogP) is 3.79. The van der Waals surface area contributed by atoms with Crippen molar-refractivity contribution in [2.45, 2.75) is 56.4 Å². The van der Waals surface area contributed by atoms with Crippen molar-refractivity contribution < 1.29 is 32.9 Å². The van der Waals surface area contributed by atoms with Gasteiger partial charge in [0.2, 0.25) is 5.88 Å². The van der Waals surface area contributed by atoms with Crippen molar-refractivity contribution in [2.75, 3.05) is 24.1 Å². The third-order valence-electron chi connectivity index (χ3n) is 7.39. The minimum absolute atomic E-state index is 0.0410. The molecule has 2 bridgehead atoms. The van der Waals surface area contributed by atoms with Crippen LogP contribution in [0.2, 0.25) is 0 Å². The Bertz CT molecular complexity index is 1320. The van der Waals surface area contributed by atoms with Crippen LogP contribution in [0.3, 0.4) is 0 Å². The summed E-state index contributed by atoms with van der Waals surface area (Å²) >= 11 is 0. The van der Waals surface area contributed by atoms with Crippen molar-refractivity contribution in [1.29, 1.82) is 0 Å². The van der Waals surface area contributed by atoms with E-state index >= 15 is 0 Å². The second kappa shape index (κ2) is 10.3. The second-order valence-electron chi connectivity index (χ2n) is 10.1. The standard InChI is InChI=1S/C27H32N2O7S/c1-17-10-25(27(28-15-17)35-9-8-30)37(33,34)29-16-22(5-7-26(31)32)36-24-6-3-19(14-23(24)29)13-21-12-18-2-4-20(21)11-18/h3,6,10,13-15,18,20,22,30H,2,4-5,7-9,11-12,16H2,1H3,(H,31,32)/b21-13+/t18?,20?,22-/m0/s1. The smallest absolute Gasteiger partial charge is 0.303 e. The molecule has 0 spiro atoms. The molecular formula is C27H32N2O7S. The molecule has 0 amide bonds. The number of benzene rings is 1. The minimum Gasteiger partial charge on any atom is -0.486 e. The second-order valence-corrected chi connectivity index (χ2v) is 12.0. The Kier molecular flexibility index (Phi) is 7.13. The third-order valence-corrected chi connectivity index (χ3v) is 9.16. The first-order chi connectivity index (χ1) is 17.7. The van der Waals surface area contributed by atoms with Gasteiger partial charge < -0.3 is 19.7 Å². The molecule has 5 rings (SSSR count). The number of fused-ring (bicyclic) bond motifs is 3. The molecular weight excluding hydrogens is 496 g/mol. The van der Waals surface area contributed by atoms with Gasteiger partial charge in [0.05, 0.1) is 18.8 Å². The molecule has 2 fully saturated rings. The fraction of sp³-hybridized carbons (Fsp3) is 0.481. The van der Waals surface area contributed by atoms with Crippen molar-refractivity contribution in [2.24, 2.45) is 11.8 Å². The van der Waals surface area contributed by atoms with Crippen molar-refractivity contribution >= 4 is 27.8 Å². The summed E-state index contributed by atoms with van der Waals surface area (Å²) in [6.45, 7) is 1.32. The zero-order valence-electron chi connectivity index (χ0n) is 20.8. The summed E-state index contributed by atoms with van der Waals surface area (Å²) in [5, 5.41) is 18.4. The van der Waals surface area contributed by atoms with Crippen LogP contribution in [0.5, 0.6) is 11.6 Å². The van der Waals surface area contributed by atoms with Crippen molar-refractivity contribution in [1.82, 2.24) is 4.98 Å². The first kappa shape index (κ1) is 25.5. The number of nitrogens with zero attached hydrogens (tertiary/aromatic N) is 2. The molecule has 1 aromatic carbocycles. The number of anilines is 1.